The van der Waals surface area contributed by atoms with Gasteiger partial charge in [-0.3, -0.25) is 9.69 Å². The molecule has 148 valence electrons. The molecule has 1 unspecified atom stereocenters. The lowest BCUT2D eigenvalue weighted by Gasteiger charge is -2.48. The maximum atomic E-state index is 12.9. The molecule has 2 heterocycles. The Balaban J connectivity index is 1.39. The Morgan fingerprint density at radius 1 is 0.893 bits per heavy atom. The zero-order chi connectivity index (χ0) is 19.4. The molecule has 0 saturated carbocycles. The maximum absolute atomic E-state index is 12.9. The fourth-order valence-electron chi connectivity index (χ4n) is 4.96. The first-order valence-electron chi connectivity index (χ1n) is 10.5. The van der Waals surface area contributed by atoms with Gasteiger partial charge in [0.1, 0.15) is 0 Å². The van der Waals surface area contributed by atoms with Crippen LogP contribution in [-0.4, -0.2) is 41.9 Å². The van der Waals surface area contributed by atoms with E-state index in [0.29, 0.717) is 6.42 Å². The molecule has 0 aliphatic carbocycles. The molecule has 4 nitrogen and oxygen atoms in total. The number of hydrogen-bond donors (Lipinski definition) is 1. The number of anilines is 1. The van der Waals surface area contributed by atoms with Gasteiger partial charge in [-0.25, -0.2) is 0 Å². The topological polar surface area (TPSA) is 49.6 Å². The van der Waals surface area contributed by atoms with E-state index in [4.69, 9.17) is 5.73 Å². The predicted octanol–water partition coefficient (Wildman–Crippen LogP) is 3.72. The van der Waals surface area contributed by atoms with Gasteiger partial charge in [0.25, 0.3) is 0 Å². The maximum Gasteiger partial charge on any atom is 0.227 e. The number of piperidine rings is 2. The van der Waals surface area contributed by atoms with Gasteiger partial charge in [0.15, 0.2) is 0 Å². The number of nitrogens with zero attached hydrogens (tertiary/aromatic N) is 2. The second-order valence-electron chi connectivity index (χ2n) is 8.64. The van der Waals surface area contributed by atoms with E-state index in [1.165, 1.54) is 24.8 Å². The minimum atomic E-state index is 0.254. The largest absolute Gasteiger partial charge is 0.399 e. The van der Waals surface area contributed by atoms with E-state index < -0.39 is 0 Å². The highest BCUT2D eigenvalue weighted by Gasteiger charge is 2.40. The van der Waals surface area contributed by atoms with Crippen molar-refractivity contribution in [3.8, 4) is 0 Å². The van der Waals surface area contributed by atoms with Crippen LogP contribution in [0.15, 0.2) is 54.6 Å². The molecule has 1 amide bonds. The minimum Gasteiger partial charge on any atom is -0.399 e. The van der Waals surface area contributed by atoms with Crippen LogP contribution in [0.4, 0.5) is 5.69 Å². The molecule has 0 aromatic heterocycles. The van der Waals surface area contributed by atoms with Crippen molar-refractivity contribution in [2.45, 2.75) is 38.6 Å². The molecule has 2 fully saturated rings. The van der Waals surface area contributed by atoms with E-state index in [0.717, 1.165) is 50.4 Å². The van der Waals surface area contributed by atoms with Gasteiger partial charge >= 0.3 is 0 Å². The van der Waals surface area contributed by atoms with Crippen LogP contribution in [0.3, 0.4) is 0 Å². The Hall–Kier alpha value is -2.33. The molecule has 2 aromatic carbocycles. The number of amides is 1. The average molecular weight is 378 g/mol. The smallest absolute Gasteiger partial charge is 0.227 e. The van der Waals surface area contributed by atoms with Crippen molar-refractivity contribution in [3.63, 3.8) is 0 Å². The number of nitrogens with two attached hydrogens (primary N) is 1. The van der Waals surface area contributed by atoms with Gasteiger partial charge in [0, 0.05) is 37.3 Å². The molecule has 1 atom stereocenters. The van der Waals surface area contributed by atoms with Crippen LogP contribution >= 0.6 is 0 Å². The summed E-state index contributed by atoms with van der Waals surface area (Å²) in [5, 5.41) is 0. The highest BCUT2D eigenvalue weighted by Crippen LogP contribution is 2.39. The summed E-state index contributed by atoms with van der Waals surface area (Å²) in [6, 6.07) is 18.4. The first-order chi connectivity index (χ1) is 13.6. The van der Waals surface area contributed by atoms with Gasteiger partial charge in [-0.15, -0.1) is 0 Å². The number of nitrogen functional groups attached to an aromatic ring is 1. The fraction of sp³-hybridized carbons (Fsp3) is 0.458. The second kappa shape index (κ2) is 8.36. The van der Waals surface area contributed by atoms with Crippen molar-refractivity contribution >= 4 is 11.6 Å². The lowest BCUT2D eigenvalue weighted by Crippen LogP contribution is -2.53. The summed E-state index contributed by atoms with van der Waals surface area (Å²) in [5.41, 5.74) is 9.20. The molecule has 2 aliphatic heterocycles. The quantitative estimate of drug-likeness (QED) is 0.826. The Kier molecular flexibility index (Phi) is 5.67. The first-order valence-corrected chi connectivity index (χ1v) is 10.5. The number of carbonyl (C=O) groups is 1. The number of rotatable bonds is 4. The molecule has 2 saturated heterocycles. The van der Waals surface area contributed by atoms with E-state index in [1.54, 1.807) is 0 Å². The second-order valence-corrected chi connectivity index (χ2v) is 8.64. The third-order valence-corrected chi connectivity index (χ3v) is 6.34. The lowest BCUT2D eigenvalue weighted by atomic mass is 9.73. The Labute approximate surface area is 168 Å². The highest BCUT2D eigenvalue weighted by atomic mass is 16.2. The number of hydrogen-bond acceptors (Lipinski definition) is 3. The van der Waals surface area contributed by atoms with E-state index in [1.807, 2.05) is 24.3 Å². The van der Waals surface area contributed by atoms with Crippen molar-refractivity contribution in [2.24, 2.45) is 5.41 Å². The molecule has 2 aromatic rings. The monoisotopic (exact) mass is 377 g/mol. The molecular weight excluding hydrogens is 346 g/mol. The fourth-order valence-corrected chi connectivity index (χ4v) is 4.96. The zero-order valence-corrected chi connectivity index (χ0v) is 16.6. The normalized spacial score (nSPS) is 23.1. The standard InChI is InChI=1S/C24H31N3O/c25-22-10-8-20(9-11-22)16-23(28)27-15-5-13-24(19-27)12-4-14-26(18-24)17-21-6-2-1-3-7-21/h1-3,6-11H,4-5,12-19,25H2. The van der Waals surface area contributed by atoms with Gasteiger partial charge in [-0.1, -0.05) is 42.5 Å². The molecule has 0 radical (unpaired) electrons. The number of carbonyl (C=O) groups excluding carboxylic acids is 1. The van der Waals surface area contributed by atoms with Gasteiger partial charge < -0.3 is 10.6 Å². The molecule has 1 spiro atoms. The summed E-state index contributed by atoms with van der Waals surface area (Å²) in [6.07, 6.45) is 5.30. The van der Waals surface area contributed by atoms with Crippen molar-refractivity contribution in [1.82, 2.24) is 9.80 Å². The van der Waals surface area contributed by atoms with Gasteiger partial charge in [0.05, 0.1) is 6.42 Å². The van der Waals surface area contributed by atoms with Crippen LogP contribution < -0.4 is 5.73 Å². The Bertz CT molecular complexity index is 785. The SMILES string of the molecule is Nc1ccc(CC(=O)N2CCCC3(CCCN(Cc4ccccc4)C3)C2)cc1. The number of likely N-dealkylation sites (tertiary alicyclic amines) is 2. The van der Waals surface area contributed by atoms with E-state index in [2.05, 4.69) is 40.1 Å². The highest BCUT2D eigenvalue weighted by molar-refractivity contribution is 5.79. The minimum absolute atomic E-state index is 0.254. The molecule has 4 heteroatoms. The number of benzene rings is 2. The van der Waals surface area contributed by atoms with Crippen LogP contribution in [-0.2, 0) is 17.8 Å². The summed E-state index contributed by atoms with van der Waals surface area (Å²) in [6.45, 7) is 5.09. The predicted molar refractivity (Wildman–Crippen MR) is 114 cm³/mol. The molecular formula is C24H31N3O. The molecule has 2 N–H and O–H groups in total. The van der Waals surface area contributed by atoms with Crippen LogP contribution in [0.1, 0.15) is 36.8 Å². The third kappa shape index (κ3) is 4.56. The van der Waals surface area contributed by atoms with Gasteiger partial charge in [-0.05, 0) is 55.5 Å². The third-order valence-electron chi connectivity index (χ3n) is 6.34. The van der Waals surface area contributed by atoms with Crippen LogP contribution in [0.25, 0.3) is 0 Å². The van der Waals surface area contributed by atoms with Gasteiger partial charge in [0.2, 0.25) is 5.91 Å². The Morgan fingerprint density at radius 3 is 2.36 bits per heavy atom. The Morgan fingerprint density at radius 2 is 1.61 bits per heavy atom. The summed E-state index contributed by atoms with van der Waals surface area (Å²) in [7, 11) is 0. The summed E-state index contributed by atoms with van der Waals surface area (Å²) >= 11 is 0. The first kappa shape index (κ1) is 19.0. The summed E-state index contributed by atoms with van der Waals surface area (Å²) < 4.78 is 0. The van der Waals surface area contributed by atoms with Crippen molar-refractivity contribution < 1.29 is 4.79 Å². The van der Waals surface area contributed by atoms with Crippen LogP contribution in [0.2, 0.25) is 0 Å². The van der Waals surface area contributed by atoms with Crippen molar-refractivity contribution in [1.29, 1.82) is 0 Å². The van der Waals surface area contributed by atoms with E-state index in [-0.39, 0.29) is 11.3 Å². The van der Waals surface area contributed by atoms with E-state index >= 15 is 0 Å². The van der Waals surface area contributed by atoms with Crippen LogP contribution in [0.5, 0.6) is 0 Å². The molecule has 28 heavy (non-hydrogen) atoms. The van der Waals surface area contributed by atoms with Crippen molar-refractivity contribution in [2.75, 3.05) is 31.9 Å². The summed E-state index contributed by atoms with van der Waals surface area (Å²) in [4.78, 5) is 17.6. The van der Waals surface area contributed by atoms with Crippen molar-refractivity contribution in [3.05, 3.63) is 65.7 Å². The zero-order valence-electron chi connectivity index (χ0n) is 16.6. The molecule has 4 rings (SSSR count). The lowest BCUT2D eigenvalue weighted by molar-refractivity contribution is -0.135. The van der Waals surface area contributed by atoms with E-state index in [9.17, 15) is 4.79 Å². The average Bonchev–Trinajstić information content (AvgIpc) is 2.71. The van der Waals surface area contributed by atoms with Gasteiger partial charge in [-0.2, -0.15) is 0 Å². The molecule has 0 bridgehead atoms. The summed E-state index contributed by atoms with van der Waals surface area (Å²) in [5.74, 6) is 0.254. The van der Waals surface area contributed by atoms with Crippen LogP contribution in [0, 0.1) is 5.41 Å². The molecule has 2 aliphatic rings.